The van der Waals surface area contributed by atoms with Gasteiger partial charge in [-0.05, 0) is 51.7 Å². The normalized spacial score (nSPS) is 19.0. The highest BCUT2D eigenvalue weighted by atomic mass is 16.5. The lowest BCUT2D eigenvalue weighted by Crippen LogP contribution is -2.51. The van der Waals surface area contributed by atoms with E-state index in [9.17, 15) is 9.59 Å². The number of aryl methyl sites for hydroxylation is 2. The molecule has 7 nitrogen and oxygen atoms in total. The molecule has 1 aromatic heterocycles. The number of benzene rings is 1. The number of hydrogen-bond acceptors (Lipinski definition) is 5. The summed E-state index contributed by atoms with van der Waals surface area (Å²) in [5.41, 5.74) is 2.90. The van der Waals surface area contributed by atoms with E-state index in [1.165, 1.54) is 0 Å². The molecular weight excluding hydrogens is 380 g/mol. The second kappa shape index (κ2) is 8.58. The lowest BCUT2D eigenvalue weighted by Gasteiger charge is -2.39. The van der Waals surface area contributed by atoms with Crippen molar-refractivity contribution < 1.29 is 14.1 Å². The monoisotopic (exact) mass is 410 g/mol. The van der Waals surface area contributed by atoms with E-state index in [2.05, 4.69) is 16.2 Å². The number of aromatic nitrogens is 2. The van der Waals surface area contributed by atoms with E-state index >= 15 is 0 Å². The molecule has 7 heteroatoms. The Balaban J connectivity index is 1.41. The summed E-state index contributed by atoms with van der Waals surface area (Å²) >= 11 is 0. The molecular formula is C23H30N4O3. The van der Waals surface area contributed by atoms with Crippen LogP contribution in [0.4, 0.5) is 0 Å². The van der Waals surface area contributed by atoms with Crippen molar-refractivity contribution in [2.75, 3.05) is 19.6 Å². The van der Waals surface area contributed by atoms with Crippen LogP contribution in [-0.4, -0.2) is 57.4 Å². The van der Waals surface area contributed by atoms with Crippen LogP contribution in [0.1, 0.15) is 71.7 Å². The largest absolute Gasteiger partial charge is 0.339 e. The van der Waals surface area contributed by atoms with Crippen LogP contribution < -0.4 is 0 Å². The number of amides is 2. The number of hydrogen-bond donors (Lipinski definition) is 0. The standard InChI is InChI=1S/C23H30N4O3/c1-15-11-16(2)13-19(12-15)23(29)26-9-4-5-20(14-26)27(17(3)28)10-8-21-24-22(30-25-21)18-6-7-18/h11-13,18,20H,4-10,14H2,1-3H3. The Hall–Kier alpha value is -2.70. The molecule has 1 aliphatic carbocycles. The maximum Gasteiger partial charge on any atom is 0.253 e. The van der Waals surface area contributed by atoms with E-state index in [-0.39, 0.29) is 17.9 Å². The zero-order chi connectivity index (χ0) is 21.3. The molecule has 2 heterocycles. The summed E-state index contributed by atoms with van der Waals surface area (Å²) in [7, 11) is 0. The summed E-state index contributed by atoms with van der Waals surface area (Å²) in [6.45, 7) is 7.43. The molecule has 0 radical (unpaired) electrons. The molecule has 1 aromatic carbocycles. The second-order valence-electron chi connectivity index (χ2n) is 8.71. The predicted octanol–water partition coefficient (Wildman–Crippen LogP) is 3.26. The Morgan fingerprint density at radius 1 is 1.17 bits per heavy atom. The SMILES string of the molecule is CC(=O)N(CCc1noc(C2CC2)n1)C1CCCN(C(=O)c2cc(C)cc(C)c2)C1. The maximum absolute atomic E-state index is 13.1. The molecule has 1 saturated carbocycles. The third-order valence-corrected chi connectivity index (χ3v) is 5.98. The van der Waals surface area contributed by atoms with Crippen molar-refractivity contribution in [3.8, 4) is 0 Å². The molecule has 1 aliphatic heterocycles. The number of nitrogens with zero attached hydrogens (tertiary/aromatic N) is 4. The van der Waals surface area contributed by atoms with Crippen molar-refractivity contribution >= 4 is 11.8 Å². The quantitative estimate of drug-likeness (QED) is 0.730. The van der Waals surface area contributed by atoms with Gasteiger partial charge in [0.2, 0.25) is 11.8 Å². The Kier molecular flexibility index (Phi) is 5.88. The zero-order valence-corrected chi connectivity index (χ0v) is 18.1. The lowest BCUT2D eigenvalue weighted by atomic mass is 10.0. The van der Waals surface area contributed by atoms with Crippen LogP contribution >= 0.6 is 0 Å². The summed E-state index contributed by atoms with van der Waals surface area (Å²) in [6.07, 6.45) is 4.59. The fraction of sp³-hybridized carbons (Fsp3) is 0.565. The Morgan fingerprint density at radius 2 is 1.90 bits per heavy atom. The highest BCUT2D eigenvalue weighted by Crippen LogP contribution is 2.38. The first-order chi connectivity index (χ1) is 14.4. The van der Waals surface area contributed by atoms with Gasteiger partial charge in [0.25, 0.3) is 5.91 Å². The highest BCUT2D eigenvalue weighted by molar-refractivity contribution is 5.94. The Labute approximate surface area is 177 Å². The van der Waals surface area contributed by atoms with E-state index in [1.54, 1.807) is 6.92 Å². The van der Waals surface area contributed by atoms with E-state index in [1.807, 2.05) is 35.8 Å². The van der Waals surface area contributed by atoms with Gasteiger partial charge < -0.3 is 14.3 Å². The zero-order valence-electron chi connectivity index (χ0n) is 18.1. The predicted molar refractivity (Wildman–Crippen MR) is 112 cm³/mol. The number of piperidine rings is 1. The van der Waals surface area contributed by atoms with E-state index in [0.29, 0.717) is 31.3 Å². The van der Waals surface area contributed by atoms with Crippen molar-refractivity contribution in [3.05, 3.63) is 46.6 Å². The number of carbonyl (C=O) groups is 2. The Morgan fingerprint density at radius 3 is 2.57 bits per heavy atom. The minimum absolute atomic E-state index is 0.0147. The molecule has 2 aliphatic rings. The van der Waals surface area contributed by atoms with Gasteiger partial charge in [-0.1, -0.05) is 22.3 Å². The first-order valence-corrected chi connectivity index (χ1v) is 10.9. The van der Waals surface area contributed by atoms with Crippen molar-refractivity contribution in [2.45, 2.75) is 64.8 Å². The van der Waals surface area contributed by atoms with E-state index in [4.69, 9.17) is 4.52 Å². The van der Waals surface area contributed by atoms with Crippen LogP contribution in [0.25, 0.3) is 0 Å². The minimum Gasteiger partial charge on any atom is -0.339 e. The maximum atomic E-state index is 13.1. The molecule has 2 aromatic rings. The molecule has 30 heavy (non-hydrogen) atoms. The summed E-state index contributed by atoms with van der Waals surface area (Å²) in [5.74, 6) is 1.87. The molecule has 0 N–H and O–H groups in total. The number of rotatable bonds is 6. The third kappa shape index (κ3) is 4.71. The summed E-state index contributed by atoms with van der Waals surface area (Å²) in [4.78, 5) is 33.7. The van der Waals surface area contributed by atoms with Crippen molar-refractivity contribution in [3.63, 3.8) is 0 Å². The topological polar surface area (TPSA) is 79.5 Å². The number of likely N-dealkylation sites (tertiary alicyclic amines) is 1. The molecule has 2 fully saturated rings. The van der Waals surface area contributed by atoms with E-state index < -0.39 is 0 Å². The van der Waals surface area contributed by atoms with Gasteiger partial charge in [0.05, 0.1) is 0 Å². The molecule has 0 bridgehead atoms. The van der Waals surface area contributed by atoms with Gasteiger partial charge in [0.15, 0.2) is 5.82 Å². The smallest absolute Gasteiger partial charge is 0.253 e. The van der Waals surface area contributed by atoms with Gasteiger partial charge in [-0.3, -0.25) is 9.59 Å². The lowest BCUT2D eigenvalue weighted by molar-refractivity contribution is -0.132. The van der Waals surface area contributed by atoms with Crippen molar-refractivity contribution in [2.24, 2.45) is 0 Å². The van der Waals surface area contributed by atoms with Crippen molar-refractivity contribution in [1.29, 1.82) is 0 Å². The van der Waals surface area contributed by atoms with Gasteiger partial charge in [-0.25, -0.2) is 0 Å². The fourth-order valence-corrected chi connectivity index (χ4v) is 4.36. The molecule has 4 rings (SSSR count). The Bertz CT molecular complexity index is 914. The van der Waals surface area contributed by atoms with Gasteiger partial charge in [-0.15, -0.1) is 0 Å². The first kappa shape index (κ1) is 20.6. The molecule has 2 amide bonds. The van der Waals surface area contributed by atoms with Crippen LogP contribution in [0.15, 0.2) is 22.7 Å². The van der Waals surface area contributed by atoms with Crippen LogP contribution in [0.5, 0.6) is 0 Å². The molecule has 1 saturated heterocycles. The van der Waals surface area contributed by atoms with Crippen LogP contribution in [-0.2, 0) is 11.2 Å². The number of carbonyl (C=O) groups excluding carboxylic acids is 2. The highest BCUT2D eigenvalue weighted by Gasteiger charge is 2.31. The summed E-state index contributed by atoms with van der Waals surface area (Å²) < 4.78 is 5.33. The third-order valence-electron chi connectivity index (χ3n) is 5.98. The van der Waals surface area contributed by atoms with Crippen LogP contribution in [0.3, 0.4) is 0 Å². The van der Waals surface area contributed by atoms with Gasteiger partial charge >= 0.3 is 0 Å². The van der Waals surface area contributed by atoms with Crippen LogP contribution in [0.2, 0.25) is 0 Å². The second-order valence-corrected chi connectivity index (χ2v) is 8.71. The van der Waals surface area contributed by atoms with E-state index in [0.717, 1.165) is 54.8 Å². The summed E-state index contributed by atoms with van der Waals surface area (Å²) in [6, 6.07) is 5.96. The van der Waals surface area contributed by atoms with Crippen LogP contribution in [0, 0.1) is 13.8 Å². The van der Waals surface area contributed by atoms with Gasteiger partial charge in [0, 0.05) is 50.5 Å². The summed E-state index contributed by atoms with van der Waals surface area (Å²) in [5, 5.41) is 4.06. The fourth-order valence-electron chi connectivity index (χ4n) is 4.36. The molecule has 160 valence electrons. The van der Waals surface area contributed by atoms with Crippen molar-refractivity contribution in [1.82, 2.24) is 19.9 Å². The molecule has 0 spiro atoms. The minimum atomic E-state index is 0.0147. The first-order valence-electron chi connectivity index (χ1n) is 10.9. The molecule has 1 atom stereocenters. The average Bonchev–Trinajstić information content (AvgIpc) is 3.45. The molecule has 1 unspecified atom stereocenters. The van der Waals surface area contributed by atoms with Gasteiger partial charge in [-0.2, -0.15) is 4.98 Å². The average molecular weight is 411 g/mol. The van der Waals surface area contributed by atoms with Gasteiger partial charge in [0.1, 0.15) is 0 Å².